The van der Waals surface area contributed by atoms with Crippen molar-refractivity contribution in [3.63, 3.8) is 0 Å². The summed E-state index contributed by atoms with van der Waals surface area (Å²) >= 11 is 0. The Morgan fingerprint density at radius 1 is 1.22 bits per heavy atom. The monoisotopic (exact) mass is 510 g/mol. The SMILES string of the molecule is Cc1c(CN(C)C(=O)/C=C/c2ccc(NS(=O)(=O)N3CCOCC3)nc2)oc2c(C3CC3)cccc12. The molecule has 3 aromatic rings. The molecule has 2 fully saturated rings. The van der Waals surface area contributed by atoms with Crippen molar-refractivity contribution in [2.45, 2.75) is 32.2 Å². The maximum absolute atomic E-state index is 12.7. The number of likely N-dealkylation sites (N-methyl/N-ethyl adjacent to an activating group) is 1. The van der Waals surface area contributed by atoms with E-state index in [0.29, 0.717) is 44.3 Å². The molecule has 1 aromatic carbocycles. The third-order valence-electron chi connectivity index (χ3n) is 6.62. The van der Waals surface area contributed by atoms with Crippen molar-refractivity contribution < 1.29 is 22.4 Å². The summed E-state index contributed by atoms with van der Waals surface area (Å²) in [5.41, 5.74) is 3.95. The molecule has 36 heavy (non-hydrogen) atoms. The Bertz CT molecular complexity index is 1390. The molecular formula is C26H30N4O5S. The predicted octanol–water partition coefficient (Wildman–Crippen LogP) is 3.67. The first-order valence-corrected chi connectivity index (χ1v) is 13.5. The second kappa shape index (κ2) is 10.0. The maximum atomic E-state index is 12.7. The molecular weight excluding hydrogens is 480 g/mol. The fraction of sp³-hybridized carbons (Fsp3) is 0.385. The number of nitrogens with zero attached hydrogens (tertiary/aromatic N) is 3. The van der Waals surface area contributed by atoms with Gasteiger partial charge in [-0.25, -0.2) is 4.98 Å². The van der Waals surface area contributed by atoms with Crippen LogP contribution in [0.4, 0.5) is 5.82 Å². The van der Waals surface area contributed by atoms with E-state index in [9.17, 15) is 13.2 Å². The summed E-state index contributed by atoms with van der Waals surface area (Å²) in [7, 11) is -1.94. The van der Waals surface area contributed by atoms with Crippen molar-refractivity contribution in [1.29, 1.82) is 0 Å². The van der Waals surface area contributed by atoms with E-state index in [4.69, 9.17) is 9.15 Å². The lowest BCUT2D eigenvalue weighted by Crippen LogP contribution is -2.43. The highest BCUT2D eigenvalue weighted by Crippen LogP contribution is 2.44. The van der Waals surface area contributed by atoms with Crippen molar-refractivity contribution in [3.8, 4) is 0 Å². The van der Waals surface area contributed by atoms with E-state index in [1.165, 1.54) is 35.0 Å². The first-order valence-electron chi connectivity index (χ1n) is 12.1. The summed E-state index contributed by atoms with van der Waals surface area (Å²) in [6, 6.07) is 9.56. The van der Waals surface area contributed by atoms with Crippen molar-refractivity contribution in [2.24, 2.45) is 0 Å². The van der Waals surface area contributed by atoms with E-state index in [1.807, 2.05) is 6.92 Å². The summed E-state index contributed by atoms with van der Waals surface area (Å²) in [5.74, 6) is 1.42. The minimum atomic E-state index is -3.68. The van der Waals surface area contributed by atoms with E-state index in [2.05, 4.69) is 27.9 Å². The van der Waals surface area contributed by atoms with Crippen molar-refractivity contribution in [2.75, 3.05) is 38.1 Å². The Morgan fingerprint density at radius 3 is 2.69 bits per heavy atom. The topological polar surface area (TPSA) is 105 Å². The van der Waals surface area contributed by atoms with Gasteiger partial charge in [-0.1, -0.05) is 18.2 Å². The fourth-order valence-electron chi connectivity index (χ4n) is 4.32. The first kappa shape index (κ1) is 24.5. The Balaban J connectivity index is 1.21. The third kappa shape index (κ3) is 5.30. The van der Waals surface area contributed by atoms with Gasteiger partial charge in [-0.15, -0.1) is 0 Å². The van der Waals surface area contributed by atoms with Gasteiger partial charge in [0, 0.05) is 43.4 Å². The lowest BCUT2D eigenvalue weighted by molar-refractivity contribution is -0.125. The fourth-order valence-corrected chi connectivity index (χ4v) is 5.46. The number of para-hydroxylation sites is 1. The summed E-state index contributed by atoms with van der Waals surface area (Å²) in [6.07, 6.45) is 7.05. The quantitative estimate of drug-likeness (QED) is 0.464. The highest BCUT2D eigenvalue weighted by Gasteiger charge is 2.28. The second-order valence-electron chi connectivity index (χ2n) is 9.27. The molecule has 10 heteroatoms. The molecule has 0 unspecified atom stereocenters. The molecule has 2 aromatic heterocycles. The van der Waals surface area contributed by atoms with Crippen LogP contribution >= 0.6 is 0 Å². The molecule has 0 radical (unpaired) electrons. The number of aromatic nitrogens is 1. The van der Waals surface area contributed by atoms with Gasteiger partial charge in [0.1, 0.15) is 17.2 Å². The number of morpholine rings is 1. The smallest absolute Gasteiger partial charge is 0.302 e. The molecule has 1 aliphatic carbocycles. The van der Waals surface area contributed by atoms with Crippen LogP contribution in [0.25, 0.3) is 17.0 Å². The summed E-state index contributed by atoms with van der Waals surface area (Å²) < 4.78 is 40.2. The van der Waals surface area contributed by atoms with Crippen LogP contribution in [0.1, 0.15) is 41.2 Å². The van der Waals surface area contributed by atoms with Gasteiger partial charge in [0.05, 0.1) is 19.8 Å². The first-order chi connectivity index (χ1) is 17.3. The predicted molar refractivity (Wildman–Crippen MR) is 138 cm³/mol. The standard InChI is InChI=1S/C26H30N4O5S/c1-18-21-4-3-5-22(20-8-9-20)26(21)35-23(18)17-29(2)25(31)11-7-19-6-10-24(27-16-19)28-36(32,33)30-12-14-34-15-13-30/h3-7,10-11,16,20H,8-9,12-15,17H2,1-2H3,(H,27,28)/b11-7+. The molecule has 2 aliphatic rings. The summed E-state index contributed by atoms with van der Waals surface area (Å²) in [6.45, 7) is 3.76. The highest BCUT2D eigenvalue weighted by atomic mass is 32.2. The van der Waals surface area contributed by atoms with Gasteiger partial charge in [0.15, 0.2) is 0 Å². The third-order valence-corrected chi connectivity index (χ3v) is 8.13. The molecule has 190 valence electrons. The van der Waals surface area contributed by atoms with Crippen LogP contribution in [-0.2, 0) is 26.3 Å². The van der Waals surface area contributed by atoms with Gasteiger partial charge in [0.2, 0.25) is 5.91 Å². The van der Waals surface area contributed by atoms with E-state index in [0.717, 1.165) is 22.3 Å². The van der Waals surface area contributed by atoms with Crippen LogP contribution in [0.2, 0.25) is 0 Å². The van der Waals surface area contributed by atoms with Gasteiger partial charge >= 0.3 is 10.2 Å². The molecule has 3 heterocycles. The number of furan rings is 1. The van der Waals surface area contributed by atoms with Crippen molar-refractivity contribution >= 4 is 39.0 Å². The number of benzene rings is 1. The number of aryl methyl sites for hydroxylation is 1. The van der Waals surface area contributed by atoms with Crippen LogP contribution in [0.15, 0.2) is 47.0 Å². The van der Waals surface area contributed by atoms with Crippen LogP contribution in [-0.4, -0.2) is 61.9 Å². The van der Waals surface area contributed by atoms with E-state index in [1.54, 1.807) is 30.2 Å². The normalized spacial score (nSPS) is 17.1. The van der Waals surface area contributed by atoms with Crippen molar-refractivity contribution in [3.05, 3.63) is 65.1 Å². The zero-order valence-electron chi connectivity index (χ0n) is 20.4. The molecule has 1 saturated heterocycles. The number of rotatable bonds is 8. The molecule has 1 saturated carbocycles. The summed E-state index contributed by atoms with van der Waals surface area (Å²) in [4.78, 5) is 18.5. The van der Waals surface area contributed by atoms with Crippen LogP contribution < -0.4 is 4.72 Å². The number of nitrogens with one attached hydrogen (secondary N) is 1. The molecule has 0 atom stereocenters. The second-order valence-corrected chi connectivity index (χ2v) is 10.9. The molecule has 1 aliphatic heterocycles. The zero-order valence-corrected chi connectivity index (χ0v) is 21.3. The largest absolute Gasteiger partial charge is 0.459 e. The Morgan fingerprint density at radius 2 is 2.00 bits per heavy atom. The van der Waals surface area contributed by atoms with Gasteiger partial charge in [-0.3, -0.25) is 9.52 Å². The highest BCUT2D eigenvalue weighted by molar-refractivity contribution is 7.90. The summed E-state index contributed by atoms with van der Waals surface area (Å²) in [5, 5.41) is 1.11. The average Bonchev–Trinajstić information content (AvgIpc) is 3.68. The van der Waals surface area contributed by atoms with Gasteiger partial charge < -0.3 is 14.1 Å². The van der Waals surface area contributed by atoms with Gasteiger partial charge in [0.25, 0.3) is 0 Å². The van der Waals surface area contributed by atoms with Gasteiger partial charge in [-0.05, 0) is 55.0 Å². The number of amides is 1. The van der Waals surface area contributed by atoms with E-state index < -0.39 is 10.2 Å². The molecule has 0 bridgehead atoms. The van der Waals surface area contributed by atoms with Crippen LogP contribution in [0.5, 0.6) is 0 Å². The Kier molecular flexibility index (Phi) is 6.83. The molecule has 1 amide bonds. The number of ether oxygens (including phenoxy) is 1. The number of anilines is 1. The number of carbonyl (C=O) groups is 1. The number of hydrogen-bond acceptors (Lipinski definition) is 6. The lowest BCUT2D eigenvalue weighted by Gasteiger charge is -2.26. The number of fused-ring (bicyclic) bond motifs is 1. The minimum absolute atomic E-state index is 0.172. The van der Waals surface area contributed by atoms with E-state index in [-0.39, 0.29) is 11.7 Å². The number of pyridine rings is 1. The van der Waals surface area contributed by atoms with Crippen molar-refractivity contribution in [1.82, 2.24) is 14.2 Å². The Labute approximate surface area is 210 Å². The lowest BCUT2D eigenvalue weighted by atomic mass is 10.1. The Hall–Kier alpha value is -3.21. The average molecular weight is 511 g/mol. The maximum Gasteiger partial charge on any atom is 0.302 e. The zero-order chi connectivity index (χ0) is 25.3. The van der Waals surface area contributed by atoms with Gasteiger partial charge in [-0.2, -0.15) is 12.7 Å². The molecule has 0 spiro atoms. The molecule has 1 N–H and O–H groups in total. The molecule has 5 rings (SSSR count). The molecule has 9 nitrogen and oxygen atoms in total. The van der Waals surface area contributed by atoms with Crippen LogP contribution in [0.3, 0.4) is 0 Å². The number of hydrogen-bond donors (Lipinski definition) is 1. The minimum Gasteiger partial charge on any atom is -0.459 e. The van der Waals surface area contributed by atoms with E-state index >= 15 is 0 Å². The number of carbonyl (C=O) groups excluding carboxylic acids is 1. The van der Waals surface area contributed by atoms with Crippen LogP contribution in [0, 0.1) is 6.92 Å².